The molecule has 0 saturated heterocycles. The second-order valence-electron chi connectivity index (χ2n) is 5.49. The maximum atomic E-state index is 11.8. The molecule has 0 aliphatic rings. The quantitative estimate of drug-likeness (QED) is 0.496. The van der Waals surface area contributed by atoms with E-state index in [9.17, 15) is 9.59 Å². The SMILES string of the molecule is CC(=O)OCCCCCC(C)(C)C(=O)OC(C)C. The second kappa shape index (κ2) is 8.11. The zero-order valence-corrected chi connectivity index (χ0v) is 12.2. The van der Waals surface area contributed by atoms with Crippen molar-refractivity contribution in [3.8, 4) is 0 Å². The maximum absolute atomic E-state index is 11.8. The Balaban J connectivity index is 3.76. The Bertz CT molecular complexity index is 269. The summed E-state index contributed by atoms with van der Waals surface area (Å²) < 4.78 is 10.1. The molecule has 0 aromatic heterocycles. The first-order chi connectivity index (χ1) is 8.25. The first-order valence-electron chi connectivity index (χ1n) is 6.60. The van der Waals surface area contributed by atoms with Gasteiger partial charge in [0.15, 0.2) is 0 Å². The zero-order chi connectivity index (χ0) is 14.2. The average molecular weight is 258 g/mol. The highest BCUT2D eigenvalue weighted by atomic mass is 16.5. The molecule has 0 aliphatic carbocycles. The number of carbonyl (C=O) groups is 2. The van der Waals surface area contributed by atoms with Crippen LogP contribution >= 0.6 is 0 Å². The molecule has 0 radical (unpaired) electrons. The maximum Gasteiger partial charge on any atom is 0.311 e. The third-order valence-corrected chi connectivity index (χ3v) is 2.65. The van der Waals surface area contributed by atoms with Crippen LogP contribution in [0.25, 0.3) is 0 Å². The standard InChI is InChI=1S/C14H26O4/c1-11(2)18-13(16)14(4,5)9-7-6-8-10-17-12(3)15/h11H,6-10H2,1-5H3. The van der Waals surface area contributed by atoms with E-state index >= 15 is 0 Å². The van der Waals surface area contributed by atoms with E-state index in [0.29, 0.717) is 6.61 Å². The Morgan fingerprint density at radius 2 is 1.72 bits per heavy atom. The van der Waals surface area contributed by atoms with E-state index in [0.717, 1.165) is 25.7 Å². The van der Waals surface area contributed by atoms with E-state index < -0.39 is 5.41 Å². The molecule has 0 amide bonds. The summed E-state index contributed by atoms with van der Waals surface area (Å²) in [6.07, 6.45) is 3.45. The van der Waals surface area contributed by atoms with E-state index in [1.165, 1.54) is 6.92 Å². The van der Waals surface area contributed by atoms with Gasteiger partial charge in [-0.1, -0.05) is 12.8 Å². The molecule has 0 aromatic rings. The van der Waals surface area contributed by atoms with Crippen molar-refractivity contribution >= 4 is 11.9 Å². The van der Waals surface area contributed by atoms with Crippen LogP contribution in [0.4, 0.5) is 0 Å². The van der Waals surface area contributed by atoms with E-state index in [-0.39, 0.29) is 18.0 Å². The third kappa shape index (κ3) is 8.09. The minimum Gasteiger partial charge on any atom is -0.466 e. The summed E-state index contributed by atoms with van der Waals surface area (Å²) in [6.45, 7) is 9.39. The summed E-state index contributed by atoms with van der Waals surface area (Å²) >= 11 is 0. The minimum absolute atomic E-state index is 0.0688. The molecule has 0 aromatic carbocycles. The van der Waals surface area contributed by atoms with Gasteiger partial charge in [-0.25, -0.2) is 0 Å². The molecule has 4 heteroatoms. The Hall–Kier alpha value is -1.06. The van der Waals surface area contributed by atoms with Crippen LogP contribution in [0, 0.1) is 5.41 Å². The van der Waals surface area contributed by atoms with Crippen LogP contribution < -0.4 is 0 Å². The van der Waals surface area contributed by atoms with Crippen LogP contribution in [0.15, 0.2) is 0 Å². The van der Waals surface area contributed by atoms with Gasteiger partial charge in [0.1, 0.15) is 0 Å². The zero-order valence-electron chi connectivity index (χ0n) is 12.2. The van der Waals surface area contributed by atoms with Gasteiger partial charge in [0.2, 0.25) is 0 Å². The third-order valence-electron chi connectivity index (χ3n) is 2.65. The van der Waals surface area contributed by atoms with E-state index in [2.05, 4.69) is 0 Å². The highest BCUT2D eigenvalue weighted by Gasteiger charge is 2.29. The van der Waals surface area contributed by atoms with Crippen LogP contribution in [-0.2, 0) is 19.1 Å². The molecular formula is C14H26O4. The summed E-state index contributed by atoms with van der Waals surface area (Å²) in [5, 5.41) is 0. The molecule has 0 bridgehead atoms. The smallest absolute Gasteiger partial charge is 0.311 e. The van der Waals surface area contributed by atoms with Gasteiger partial charge in [0.05, 0.1) is 18.1 Å². The summed E-state index contributed by atoms with van der Waals surface area (Å²) in [6, 6.07) is 0. The Morgan fingerprint density at radius 3 is 2.22 bits per heavy atom. The number of esters is 2. The number of hydrogen-bond donors (Lipinski definition) is 0. The van der Waals surface area contributed by atoms with Gasteiger partial charge in [-0.05, 0) is 40.5 Å². The number of unbranched alkanes of at least 4 members (excludes halogenated alkanes) is 2. The van der Waals surface area contributed by atoms with Gasteiger partial charge in [0.25, 0.3) is 0 Å². The van der Waals surface area contributed by atoms with E-state index in [4.69, 9.17) is 9.47 Å². The topological polar surface area (TPSA) is 52.6 Å². The molecule has 18 heavy (non-hydrogen) atoms. The van der Waals surface area contributed by atoms with E-state index in [1.807, 2.05) is 27.7 Å². The first kappa shape index (κ1) is 16.9. The van der Waals surface area contributed by atoms with Crippen LogP contribution in [0.1, 0.15) is 60.3 Å². The van der Waals surface area contributed by atoms with Crippen molar-refractivity contribution in [2.75, 3.05) is 6.61 Å². The number of hydrogen-bond acceptors (Lipinski definition) is 4. The summed E-state index contributed by atoms with van der Waals surface area (Å²) in [5.41, 5.74) is -0.439. The Labute approximate surface area is 110 Å². The fourth-order valence-corrected chi connectivity index (χ4v) is 1.54. The normalized spacial score (nSPS) is 11.4. The van der Waals surface area contributed by atoms with Crippen molar-refractivity contribution in [1.29, 1.82) is 0 Å². The van der Waals surface area contributed by atoms with Crippen molar-refractivity contribution in [3.63, 3.8) is 0 Å². The molecule has 0 unspecified atom stereocenters. The monoisotopic (exact) mass is 258 g/mol. The molecule has 0 fully saturated rings. The molecule has 0 N–H and O–H groups in total. The highest BCUT2D eigenvalue weighted by molar-refractivity contribution is 5.75. The average Bonchev–Trinajstić information content (AvgIpc) is 2.21. The lowest BCUT2D eigenvalue weighted by Gasteiger charge is -2.23. The Kier molecular flexibility index (Phi) is 7.64. The minimum atomic E-state index is -0.439. The summed E-state index contributed by atoms with van der Waals surface area (Å²) in [7, 11) is 0. The van der Waals surface area contributed by atoms with Crippen molar-refractivity contribution in [2.24, 2.45) is 5.41 Å². The van der Waals surface area contributed by atoms with Gasteiger partial charge in [-0.15, -0.1) is 0 Å². The van der Waals surface area contributed by atoms with Gasteiger partial charge in [-0.3, -0.25) is 9.59 Å². The van der Waals surface area contributed by atoms with Crippen molar-refractivity contribution < 1.29 is 19.1 Å². The molecule has 0 atom stereocenters. The highest BCUT2D eigenvalue weighted by Crippen LogP contribution is 2.26. The van der Waals surface area contributed by atoms with Crippen molar-refractivity contribution in [2.45, 2.75) is 66.4 Å². The molecule has 0 aliphatic heterocycles. The lowest BCUT2D eigenvalue weighted by molar-refractivity contribution is -0.158. The largest absolute Gasteiger partial charge is 0.466 e. The molecule has 4 nitrogen and oxygen atoms in total. The van der Waals surface area contributed by atoms with Crippen LogP contribution in [0.2, 0.25) is 0 Å². The van der Waals surface area contributed by atoms with Crippen molar-refractivity contribution in [3.05, 3.63) is 0 Å². The molecule has 106 valence electrons. The predicted octanol–water partition coefficient (Wildman–Crippen LogP) is 3.09. The molecule has 0 saturated carbocycles. The van der Waals surface area contributed by atoms with Gasteiger partial charge < -0.3 is 9.47 Å². The van der Waals surface area contributed by atoms with Crippen LogP contribution in [0.3, 0.4) is 0 Å². The molecular weight excluding hydrogens is 232 g/mol. The lowest BCUT2D eigenvalue weighted by atomic mass is 9.87. The first-order valence-corrected chi connectivity index (χ1v) is 6.60. The lowest BCUT2D eigenvalue weighted by Crippen LogP contribution is -2.28. The number of carbonyl (C=O) groups excluding carboxylic acids is 2. The summed E-state index contributed by atoms with van der Waals surface area (Å²) in [5.74, 6) is -0.381. The van der Waals surface area contributed by atoms with Gasteiger partial charge in [-0.2, -0.15) is 0 Å². The molecule has 0 rings (SSSR count). The number of ether oxygens (including phenoxy) is 2. The molecule has 0 heterocycles. The fourth-order valence-electron chi connectivity index (χ4n) is 1.54. The number of rotatable bonds is 8. The Morgan fingerprint density at radius 1 is 1.11 bits per heavy atom. The second-order valence-corrected chi connectivity index (χ2v) is 5.49. The fraction of sp³-hybridized carbons (Fsp3) is 0.857. The van der Waals surface area contributed by atoms with Gasteiger partial charge in [0, 0.05) is 6.92 Å². The van der Waals surface area contributed by atoms with Crippen LogP contribution in [-0.4, -0.2) is 24.6 Å². The predicted molar refractivity (Wildman–Crippen MR) is 70.1 cm³/mol. The van der Waals surface area contributed by atoms with E-state index in [1.54, 1.807) is 0 Å². The van der Waals surface area contributed by atoms with Crippen LogP contribution in [0.5, 0.6) is 0 Å². The molecule has 0 spiro atoms. The van der Waals surface area contributed by atoms with Gasteiger partial charge >= 0.3 is 11.9 Å². The summed E-state index contributed by atoms with van der Waals surface area (Å²) in [4.78, 5) is 22.3. The van der Waals surface area contributed by atoms with Crippen molar-refractivity contribution in [1.82, 2.24) is 0 Å².